The SMILES string of the molecule is CCCCCCCCCOCOC1CCC(OC)[SiH2]N(CCCSSCCCN2CCC(OCOCCCCCCCCC)CCC(OC)[SiH2]2)CC1. The third-order valence-corrected chi connectivity index (χ3v) is 18.0. The zero-order valence-electron chi connectivity index (χ0n) is 34.5. The molecule has 0 aromatic heterocycles. The first kappa shape index (κ1) is 49.0. The molecule has 0 aromatic rings. The highest BCUT2D eigenvalue weighted by atomic mass is 33.1. The smallest absolute Gasteiger partial charge is 0.147 e. The second-order valence-electron chi connectivity index (χ2n) is 15.3. The summed E-state index contributed by atoms with van der Waals surface area (Å²) in [7, 11) is 7.15. The molecule has 0 N–H and O–H groups in total. The van der Waals surface area contributed by atoms with E-state index in [2.05, 4.69) is 44.6 Å². The summed E-state index contributed by atoms with van der Waals surface area (Å²) in [6, 6.07) is 0. The van der Waals surface area contributed by atoms with Crippen molar-refractivity contribution >= 4 is 41.0 Å². The van der Waals surface area contributed by atoms with Gasteiger partial charge in [0.25, 0.3) is 0 Å². The van der Waals surface area contributed by atoms with Crippen molar-refractivity contribution in [3.05, 3.63) is 0 Å². The molecule has 0 aliphatic carbocycles. The van der Waals surface area contributed by atoms with Gasteiger partial charge in [-0.1, -0.05) is 112 Å². The lowest BCUT2D eigenvalue weighted by molar-refractivity contribution is -0.0979. The first-order valence-electron chi connectivity index (χ1n) is 21.8. The van der Waals surface area contributed by atoms with Crippen molar-refractivity contribution in [2.24, 2.45) is 0 Å². The Balaban J connectivity index is 1.51. The maximum absolute atomic E-state index is 6.20. The predicted molar refractivity (Wildman–Crippen MR) is 231 cm³/mol. The van der Waals surface area contributed by atoms with Gasteiger partial charge < -0.3 is 37.6 Å². The van der Waals surface area contributed by atoms with Crippen LogP contribution >= 0.6 is 21.6 Å². The van der Waals surface area contributed by atoms with Crippen LogP contribution in [0, 0.1) is 0 Å². The van der Waals surface area contributed by atoms with Crippen molar-refractivity contribution in [3.63, 3.8) is 0 Å². The second kappa shape index (κ2) is 36.2. The largest absolute Gasteiger partial charge is 0.384 e. The Bertz CT molecular complexity index is 711. The molecule has 2 heterocycles. The summed E-state index contributed by atoms with van der Waals surface area (Å²) >= 11 is 0. The van der Waals surface area contributed by atoms with Gasteiger partial charge in [-0.3, -0.25) is 0 Å². The van der Waals surface area contributed by atoms with Gasteiger partial charge in [-0.05, 0) is 90.4 Å². The number of rotatable bonds is 33. The second-order valence-corrected chi connectivity index (χ2v) is 22.3. The standard InChI is InChI=1S/C40H84N2O6S2Si2/c1-5-7-9-11-13-15-17-31-45-35-47-37-21-23-39(43-3)51-41(29-25-37)27-19-33-49-50-34-20-28-42-30-26-38(22-24-40(44-4)52-42)48-36-46-32-18-16-14-12-10-8-6-2/h37-40H,5-36,51-52H2,1-4H3. The molecule has 0 saturated carbocycles. The van der Waals surface area contributed by atoms with E-state index in [1.807, 2.05) is 14.2 Å². The lowest BCUT2D eigenvalue weighted by Crippen LogP contribution is -2.42. The lowest BCUT2D eigenvalue weighted by Gasteiger charge is -2.32. The van der Waals surface area contributed by atoms with E-state index in [0.717, 1.165) is 77.7 Å². The topological polar surface area (TPSA) is 61.9 Å². The Morgan fingerprint density at radius 3 is 1.31 bits per heavy atom. The Morgan fingerprint density at radius 2 is 0.904 bits per heavy atom. The van der Waals surface area contributed by atoms with Crippen LogP contribution in [-0.2, 0) is 28.4 Å². The third kappa shape index (κ3) is 27.4. The molecule has 8 nitrogen and oxygen atoms in total. The van der Waals surface area contributed by atoms with Crippen LogP contribution < -0.4 is 0 Å². The summed E-state index contributed by atoms with van der Waals surface area (Å²) < 4.78 is 41.4. The van der Waals surface area contributed by atoms with E-state index in [9.17, 15) is 0 Å². The predicted octanol–water partition coefficient (Wildman–Crippen LogP) is 8.45. The molecule has 0 amide bonds. The Labute approximate surface area is 334 Å². The summed E-state index contributed by atoms with van der Waals surface area (Å²) in [5, 5.41) is 0. The average Bonchev–Trinajstić information content (AvgIpc) is 3.14. The minimum Gasteiger partial charge on any atom is -0.384 e. The first-order chi connectivity index (χ1) is 25.7. The van der Waals surface area contributed by atoms with Gasteiger partial charge in [-0.25, -0.2) is 0 Å². The summed E-state index contributed by atoms with van der Waals surface area (Å²) in [5.74, 6) is 2.45. The van der Waals surface area contributed by atoms with Gasteiger partial charge in [0, 0.05) is 38.9 Å². The van der Waals surface area contributed by atoms with E-state index < -0.39 is 19.4 Å². The summed E-state index contributed by atoms with van der Waals surface area (Å²) in [6.07, 6.45) is 28.2. The van der Waals surface area contributed by atoms with Crippen molar-refractivity contribution in [2.75, 3.05) is 78.7 Å². The van der Waals surface area contributed by atoms with E-state index in [-0.39, 0.29) is 0 Å². The van der Waals surface area contributed by atoms with Crippen LogP contribution in [0.2, 0.25) is 0 Å². The summed E-state index contributed by atoms with van der Waals surface area (Å²) in [5.41, 5.74) is 0.864. The van der Waals surface area contributed by atoms with Gasteiger partial charge in [-0.15, -0.1) is 0 Å². The molecule has 0 aromatic carbocycles. The highest BCUT2D eigenvalue weighted by Gasteiger charge is 2.24. The van der Waals surface area contributed by atoms with Crippen LogP contribution in [0.5, 0.6) is 0 Å². The Kier molecular flexibility index (Phi) is 34.1. The van der Waals surface area contributed by atoms with E-state index in [4.69, 9.17) is 28.4 Å². The van der Waals surface area contributed by atoms with Gasteiger partial charge in [0.1, 0.15) is 32.9 Å². The number of nitrogens with zero attached hydrogens (tertiary/aromatic N) is 2. The zero-order valence-corrected chi connectivity index (χ0v) is 39.0. The van der Waals surface area contributed by atoms with Crippen LogP contribution in [0.1, 0.15) is 155 Å². The molecular formula is C40H84N2O6S2Si2. The van der Waals surface area contributed by atoms with Gasteiger partial charge in [-0.2, -0.15) is 0 Å². The minimum atomic E-state index is -0.392. The van der Waals surface area contributed by atoms with Crippen LogP contribution in [0.25, 0.3) is 0 Å². The molecule has 2 saturated heterocycles. The third-order valence-electron chi connectivity index (χ3n) is 10.8. The highest BCUT2D eigenvalue weighted by Crippen LogP contribution is 2.24. The zero-order chi connectivity index (χ0) is 37.2. The number of hydrogen-bond acceptors (Lipinski definition) is 10. The average molecular weight is 809 g/mol. The van der Waals surface area contributed by atoms with Crippen LogP contribution in [-0.4, -0.2) is 131 Å². The fourth-order valence-corrected chi connectivity index (χ4v) is 13.3. The molecule has 52 heavy (non-hydrogen) atoms. The molecule has 4 atom stereocenters. The van der Waals surface area contributed by atoms with Gasteiger partial charge in [0.05, 0.1) is 23.7 Å². The molecule has 0 radical (unpaired) electrons. The Hall–Kier alpha value is 0.814. The number of ether oxygens (including phenoxy) is 6. The molecule has 2 aliphatic rings. The molecule has 2 rings (SSSR count). The molecule has 2 fully saturated rings. The van der Waals surface area contributed by atoms with Crippen molar-refractivity contribution < 1.29 is 28.4 Å². The normalized spacial score (nSPS) is 23.5. The van der Waals surface area contributed by atoms with Crippen molar-refractivity contribution in [2.45, 2.75) is 179 Å². The summed E-state index contributed by atoms with van der Waals surface area (Å²) in [4.78, 5) is 0. The molecule has 2 aliphatic heterocycles. The van der Waals surface area contributed by atoms with Crippen LogP contribution in [0.15, 0.2) is 0 Å². The molecule has 310 valence electrons. The summed E-state index contributed by atoms with van der Waals surface area (Å²) in [6.45, 7) is 11.8. The molecule has 4 unspecified atom stereocenters. The van der Waals surface area contributed by atoms with E-state index in [0.29, 0.717) is 37.2 Å². The van der Waals surface area contributed by atoms with E-state index >= 15 is 0 Å². The monoisotopic (exact) mass is 809 g/mol. The maximum Gasteiger partial charge on any atom is 0.147 e. The number of unbranched alkanes of at least 4 members (excludes halogenated alkanes) is 12. The minimum absolute atomic E-state index is 0.293. The van der Waals surface area contributed by atoms with Crippen molar-refractivity contribution in [3.8, 4) is 0 Å². The van der Waals surface area contributed by atoms with E-state index in [1.165, 1.54) is 114 Å². The van der Waals surface area contributed by atoms with Crippen molar-refractivity contribution in [1.82, 2.24) is 9.13 Å². The number of methoxy groups -OCH3 is 2. The molecule has 12 heteroatoms. The number of hydrogen-bond donors (Lipinski definition) is 0. The maximum atomic E-state index is 6.20. The fourth-order valence-electron chi connectivity index (χ4n) is 7.29. The molecule has 0 spiro atoms. The van der Waals surface area contributed by atoms with E-state index in [1.54, 1.807) is 0 Å². The van der Waals surface area contributed by atoms with Crippen LogP contribution in [0.3, 0.4) is 0 Å². The first-order valence-corrected chi connectivity index (χ1v) is 27.2. The molecular weight excluding hydrogens is 725 g/mol. The Morgan fingerprint density at radius 1 is 0.500 bits per heavy atom. The quantitative estimate of drug-likeness (QED) is 0.0280. The lowest BCUT2D eigenvalue weighted by atomic mass is 10.1. The van der Waals surface area contributed by atoms with Crippen LogP contribution in [0.4, 0.5) is 0 Å². The fraction of sp³-hybridized carbons (Fsp3) is 1.00. The van der Waals surface area contributed by atoms with Gasteiger partial charge in [0.15, 0.2) is 0 Å². The highest BCUT2D eigenvalue weighted by molar-refractivity contribution is 8.76. The van der Waals surface area contributed by atoms with Crippen molar-refractivity contribution in [1.29, 1.82) is 0 Å². The van der Waals surface area contributed by atoms with Gasteiger partial charge >= 0.3 is 0 Å². The molecule has 0 bridgehead atoms. The van der Waals surface area contributed by atoms with Gasteiger partial charge in [0.2, 0.25) is 0 Å².